The molecule has 0 unspecified atom stereocenters. The van der Waals surface area contributed by atoms with Crippen molar-refractivity contribution in [3.8, 4) is 0 Å². The molecule has 2 aliphatic carbocycles. The molecule has 2 fully saturated rings. The number of non-ortho nitro benzene ring substituents is 1. The highest BCUT2D eigenvalue weighted by molar-refractivity contribution is 6.39. The molecule has 5 aromatic rings. The Hall–Kier alpha value is -5.37. The third-order valence-electron chi connectivity index (χ3n) is 10.0. The molecular formula is C39H24Cl2N2O5. The molecule has 0 radical (unpaired) electrons. The van der Waals surface area contributed by atoms with E-state index in [1.165, 1.54) is 24.3 Å². The highest BCUT2D eigenvalue weighted by Crippen LogP contribution is 2.74. The van der Waals surface area contributed by atoms with Crippen molar-refractivity contribution in [2.45, 2.75) is 10.8 Å². The molecule has 1 heterocycles. The number of nitrogens with zero attached hydrogens (tertiary/aromatic N) is 2. The molecule has 1 saturated heterocycles. The van der Waals surface area contributed by atoms with Gasteiger partial charge in [-0.1, -0.05) is 108 Å². The van der Waals surface area contributed by atoms with Gasteiger partial charge in [-0.3, -0.25) is 24.5 Å². The Morgan fingerprint density at radius 3 is 1.33 bits per heavy atom. The van der Waals surface area contributed by atoms with Crippen LogP contribution in [0.5, 0.6) is 0 Å². The summed E-state index contributed by atoms with van der Waals surface area (Å²) in [4.78, 5) is 57.9. The van der Waals surface area contributed by atoms with Gasteiger partial charge >= 0.3 is 0 Å². The smallest absolute Gasteiger partial charge is 0.269 e. The Morgan fingerprint density at radius 2 is 0.958 bits per heavy atom. The fourth-order valence-electron chi connectivity index (χ4n) is 8.34. The number of anilines is 1. The van der Waals surface area contributed by atoms with Gasteiger partial charge in [-0.05, 0) is 69.8 Å². The second kappa shape index (κ2) is 10.8. The SMILES string of the molecule is O=C1[C@@H]2[C@H](C(=O)N1c1ccc([N+](=O)[O-])cc1)[C@@]1(c3ccc(Cl)cc3)C(=O)[C@@]2(c2ccc(Cl)cc2)C(c2ccccc2)=C1c1ccccc1. The Kier molecular flexibility index (Phi) is 6.77. The number of benzene rings is 5. The normalized spacial score (nSPS) is 24.4. The maximum atomic E-state index is 15.9. The van der Waals surface area contributed by atoms with Crippen LogP contribution in [-0.2, 0) is 25.2 Å². The van der Waals surface area contributed by atoms with Crippen molar-refractivity contribution in [2.24, 2.45) is 11.8 Å². The largest absolute Gasteiger partial charge is 0.297 e. The van der Waals surface area contributed by atoms with Gasteiger partial charge in [0.15, 0.2) is 5.78 Å². The minimum atomic E-state index is -1.61. The number of amides is 2. The maximum Gasteiger partial charge on any atom is 0.269 e. The van der Waals surface area contributed by atoms with Crippen LogP contribution in [0.1, 0.15) is 22.3 Å². The number of hydrogen-bond acceptors (Lipinski definition) is 5. The second-order valence-corrected chi connectivity index (χ2v) is 13.1. The maximum absolute atomic E-state index is 15.9. The summed E-state index contributed by atoms with van der Waals surface area (Å²) in [6.45, 7) is 0. The van der Waals surface area contributed by atoms with E-state index in [1.54, 1.807) is 48.5 Å². The third kappa shape index (κ3) is 3.86. The number of ketones is 1. The number of halogens is 2. The van der Waals surface area contributed by atoms with Crippen molar-refractivity contribution in [3.63, 3.8) is 0 Å². The number of fused-ring (bicyclic) bond motifs is 5. The van der Waals surface area contributed by atoms with E-state index in [0.29, 0.717) is 32.3 Å². The lowest BCUT2D eigenvalue weighted by atomic mass is 9.59. The molecule has 3 aliphatic rings. The van der Waals surface area contributed by atoms with Gasteiger partial charge in [0.2, 0.25) is 11.8 Å². The summed E-state index contributed by atoms with van der Waals surface area (Å²) in [6.07, 6.45) is 0. The number of Topliss-reactive ketones (excluding diaryl/α,β-unsaturated/α-hetero) is 1. The Morgan fingerprint density at radius 1 is 0.562 bits per heavy atom. The first-order valence-electron chi connectivity index (χ1n) is 15.3. The predicted octanol–water partition coefficient (Wildman–Crippen LogP) is 8.09. The zero-order chi connectivity index (χ0) is 33.4. The molecular weight excluding hydrogens is 647 g/mol. The molecule has 5 aromatic carbocycles. The molecule has 234 valence electrons. The van der Waals surface area contributed by atoms with E-state index in [0.717, 1.165) is 16.0 Å². The number of rotatable bonds is 6. The summed E-state index contributed by atoms with van der Waals surface area (Å²) in [6, 6.07) is 38.1. The summed E-state index contributed by atoms with van der Waals surface area (Å²) >= 11 is 12.8. The van der Waals surface area contributed by atoms with Crippen molar-refractivity contribution in [2.75, 3.05) is 4.90 Å². The van der Waals surface area contributed by atoms with Gasteiger partial charge in [-0.15, -0.1) is 0 Å². The van der Waals surface area contributed by atoms with Gasteiger partial charge in [-0.25, -0.2) is 4.90 Å². The molecule has 4 atom stereocenters. The van der Waals surface area contributed by atoms with E-state index in [4.69, 9.17) is 23.2 Å². The summed E-state index contributed by atoms with van der Waals surface area (Å²) in [5, 5.41) is 12.3. The summed E-state index contributed by atoms with van der Waals surface area (Å²) in [7, 11) is 0. The molecule has 8 rings (SSSR count). The molecule has 1 aliphatic heterocycles. The van der Waals surface area contributed by atoms with E-state index >= 15 is 4.79 Å². The first kappa shape index (κ1) is 30.0. The fraction of sp³-hybridized carbons (Fsp3) is 0.103. The van der Waals surface area contributed by atoms with Crippen LogP contribution in [0, 0.1) is 22.0 Å². The first-order valence-corrected chi connectivity index (χ1v) is 16.0. The van der Waals surface area contributed by atoms with Crippen molar-refractivity contribution in [3.05, 3.63) is 176 Å². The van der Waals surface area contributed by atoms with Crippen molar-refractivity contribution in [1.29, 1.82) is 0 Å². The van der Waals surface area contributed by atoms with Gasteiger partial charge < -0.3 is 0 Å². The van der Waals surface area contributed by atoms with Crippen molar-refractivity contribution < 1.29 is 19.3 Å². The number of imide groups is 1. The average molecular weight is 672 g/mol. The molecule has 7 nitrogen and oxygen atoms in total. The summed E-state index contributed by atoms with van der Waals surface area (Å²) < 4.78 is 0. The highest BCUT2D eigenvalue weighted by atomic mass is 35.5. The number of nitro groups is 1. The van der Waals surface area contributed by atoms with Gasteiger partial charge in [-0.2, -0.15) is 0 Å². The fourth-order valence-corrected chi connectivity index (χ4v) is 8.59. The first-order chi connectivity index (χ1) is 23.2. The van der Waals surface area contributed by atoms with Gasteiger partial charge in [0.1, 0.15) is 0 Å². The van der Waals surface area contributed by atoms with Crippen LogP contribution < -0.4 is 4.90 Å². The van der Waals surface area contributed by atoms with Crippen LogP contribution in [0.3, 0.4) is 0 Å². The molecule has 0 aromatic heterocycles. The molecule has 2 amide bonds. The molecule has 0 N–H and O–H groups in total. The topological polar surface area (TPSA) is 97.6 Å². The predicted molar refractivity (Wildman–Crippen MR) is 184 cm³/mol. The van der Waals surface area contributed by atoms with Crippen LogP contribution in [0.2, 0.25) is 10.0 Å². The third-order valence-corrected chi connectivity index (χ3v) is 10.5. The van der Waals surface area contributed by atoms with E-state index in [-0.39, 0.29) is 17.2 Å². The molecule has 2 bridgehead atoms. The zero-order valence-corrected chi connectivity index (χ0v) is 26.6. The van der Waals surface area contributed by atoms with Crippen LogP contribution in [-0.4, -0.2) is 22.5 Å². The van der Waals surface area contributed by atoms with Gasteiger partial charge in [0, 0.05) is 22.2 Å². The van der Waals surface area contributed by atoms with E-state index in [2.05, 4.69) is 0 Å². The number of carbonyl (C=O) groups is 3. The highest BCUT2D eigenvalue weighted by Gasteiger charge is 2.82. The molecule has 1 saturated carbocycles. The molecule has 48 heavy (non-hydrogen) atoms. The molecule has 9 heteroatoms. The van der Waals surface area contributed by atoms with Gasteiger partial charge in [0.05, 0.1) is 33.3 Å². The Balaban J connectivity index is 1.52. The Labute approximate surface area is 285 Å². The van der Waals surface area contributed by atoms with Gasteiger partial charge in [0.25, 0.3) is 5.69 Å². The van der Waals surface area contributed by atoms with E-state index < -0.39 is 39.4 Å². The minimum absolute atomic E-state index is 0.178. The van der Waals surface area contributed by atoms with Crippen LogP contribution >= 0.6 is 23.2 Å². The van der Waals surface area contributed by atoms with Crippen LogP contribution in [0.4, 0.5) is 11.4 Å². The lowest BCUT2D eigenvalue weighted by Crippen LogP contribution is -2.45. The number of allylic oxidation sites excluding steroid dienone is 2. The number of nitro benzene ring substituents is 1. The van der Waals surface area contributed by atoms with E-state index in [9.17, 15) is 19.7 Å². The zero-order valence-electron chi connectivity index (χ0n) is 25.0. The monoisotopic (exact) mass is 670 g/mol. The minimum Gasteiger partial charge on any atom is -0.297 e. The standard InChI is InChI=1S/C39H24Cl2N2O5/c40-27-15-11-25(12-16-27)38-31(23-7-3-1-4-8-23)32(24-9-5-2-6-10-24)39(37(38)46,26-13-17-28(41)18-14-26)34-33(38)35(44)42(36(34)45)29-19-21-30(22-20-29)43(47)48/h1-22,33-34H/t33-,34+,38-,39-/m0/s1. The van der Waals surface area contributed by atoms with Crippen LogP contribution in [0.25, 0.3) is 11.1 Å². The lowest BCUT2D eigenvalue weighted by molar-refractivity contribution is -0.384. The number of hydrogen-bond donors (Lipinski definition) is 0. The number of carbonyl (C=O) groups excluding carboxylic acids is 3. The molecule has 0 spiro atoms. The van der Waals surface area contributed by atoms with Crippen LogP contribution in [0.15, 0.2) is 133 Å². The summed E-state index contributed by atoms with van der Waals surface area (Å²) in [5.74, 6) is -3.69. The van der Waals surface area contributed by atoms with E-state index in [1.807, 2.05) is 60.7 Å². The lowest BCUT2D eigenvalue weighted by Gasteiger charge is -2.39. The second-order valence-electron chi connectivity index (χ2n) is 12.2. The van der Waals surface area contributed by atoms with Crippen molar-refractivity contribution in [1.82, 2.24) is 0 Å². The summed E-state index contributed by atoms with van der Waals surface area (Å²) in [5.41, 5.74) is 0.645. The van der Waals surface area contributed by atoms with Crippen molar-refractivity contribution >= 4 is 63.3 Å². The quantitative estimate of drug-likeness (QED) is 0.103. The Bertz CT molecular complexity index is 2060. The average Bonchev–Trinajstić information content (AvgIpc) is 3.61.